The number of carbonyl (C=O) groups excluding carboxylic acids is 1. The van der Waals surface area contributed by atoms with E-state index >= 15 is 0 Å². The van der Waals surface area contributed by atoms with Gasteiger partial charge in [0.25, 0.3) is 0 Å². The van der Waals surface area contributed by atoms with Gasteiger partial charge in [0, 0.05) is 17.8 Å². The second-order valence-electron chi connectivity index (χ2n) is 4.10. The van der Waals surface area contributed by atoms with Gasteiger partial charge in [-0.05, 0) is 18.2 Å². The number of halogens is 1. The van der Waals surface area contributed by atoms with Crippen LogP contribution in [0.15, 0.2) is 30.6 Å². The van der Waals surface area contributed by atoms with Crippen molar-refractivity contribution in [3.63, 3.8) is 0 Å². The summed E-state index contributed by atoms with van der Waals surface area (Å²) in [4.78, 5) is 28.1. The summed E-state index contributed by atoms with van der Waals surface area (Å²) in [5, 5.41) is 15.6. The lowest BCUT2D eigenvalue weighted by molar-refractivity contribution is -0.135. The molecule has 2 aromatic rings. The molecule has 2 rings (SSSR count). The van der Waals surface area contributed by atoms with Gasteiger partial charge in [-0.2, -0.15) is 10.1 Å². The highest BCUT2D eigenvalue weighted by Gasteiger charge is 2.20. The van der Waals surface area contributed by atoms with Crippen LogP contribution in [0.1, 0.15) is 0 Å². The number of anilines is 2. The number of benzene rings is 1. The van der Waals surface area contributed by atoms with E-state index in [1.165, 1.54) is 17.1 Å². The number of rotatable bonds is 4. The van der Waals surface area contributed by atoms with E-state index < -0.39 is 18.5 Å². The number of hydrogen-bond donors (Lipinski definition) is 2. The van der Waals surface area contributed by atoms with Crippen molar-refractivity contribution >= 4 is 35.2 Å². The molecule has 8 nitrogen and oxygen atoms in total. The Hall–Kier alpha value is -2.61. The van der Waals surface area contributed by atoms with Gasteiger partial charge in [-0.15, -0.1) is 0 Å². The van der Waals surface area contributed by atoms with E-state index in [0.29, 0.717) is 10.7 Å². The second-order valence-corrected chi connectivity index (χ2v) is 4.53. The number of nitrogens with one attached hydrogen (secondary N) is 1. The summed E-state index contributed by atoms with van der Waals surface area (Å²) < 4.78 is 1.36. The van der Waals surface area contributed by atoms with Crippen molar-refractivity contribution < 1.29 is 14.7 Å². The number of aliphatic carboxylic acids is 1. The van der Waals surface area contributed by atoms with Crippen molar-refractivity contribution in [2.45, 2.75) is 0 Å². The Morgan fingerprint density at radius 2 is 2.24 bits per heavy atom. The molecule has 0 unspecified atom stereocenters. The SMILES string of the molecule is Cn1ncnc1NC(=O)N(CC(=O)O)c1cccc(Cl)c1. The summed E-state index contributed by atoms with van der Waals surface area (Å²) in [6.45, 7) is -0.510. The van der Waals surface area contributed by atoms with Crippen molar-refractivity contribution in [3.05, 3.63) is 35.6 Å². The summed E-state index contributed by atoms with van der Waals surface area (Å²) in [5.74, 6) is -0.944. The third-order valence-electron chi connectivity index (χ3n) is 2.59. The van der Waals surface area contributed by atoms with Crippen molar-refractivity contribution in [3.8, 4) is 0 Å². The Morgan fingerprint density at radius 3 is 2.81 bits per heavy atom. The largest absolute Gasteiger partial charge is 0.480 e. The van der Waals surface area contributed by atoms with Gasteiger partial charge in [-0.3, -0.25) is 15.0 Å². The van der Waals surface area contributed by atoms with Gasteiger partial charge in [0.15, 0.2) is 0 Å². The molecule has 0 fully saturated rings. The first-order valence-electron chi connectivity index (χ1n) is 5.87. The van der Waals surface area contributed by atoms with Crippen LogP contribution in [-0.4, -0.2) is 38.4 Å². The lowest BCUT2D eigenvalue weighted by Crippen LogP contribution is -2.39. The fourth-order valence-corrected chi connectivity index (χ4v) is 1.82. The van der Waals surface area contributed by atoms with E-state index in [1.54, 1.807) is 25.2 Å². The molecule has 1 aromatic heterocycles. The Morgan fingerprint density at radius 1 is 1.48 bits per heavy atom. The highest BCUT2D eigenvalue weighted by molar-refractivity contribution is 6.31. The maximum Gasteiger partial charge on any atom is 0.329 e. The molecule has 21 heavy (non-hydrogen) atoms. The molecular weight excluding hydrogens is 298 g/mol. The van der Waals surface area contributed by atoms with Crippen molar-refractivity contribution in [2.24, 2.45) is 7.05 Å². The molecule has 0 aliphatic rings. The van der Waals surface area contributed by atoms with Crippen molar-refractivity contribution in [1.29, 1.82) is 0 Å². The Kier molecular flexibility index (Phi) is 4.39. The van der Waals surface area contributed by atoms with E-state index in [0.717, 1.165) is 4.90 Å². The van der Waals surface area contributed by atoms with Gasteiger partial charge in [0.2, 0.25) is 5.95 Å². The molecule has 1 aromatic carbocycles. The summed E-state index contributed by atoms with van der Waals surface area (Å²) in [6.07, 6.45) is 1.27. The lowest BCUT2D eigenvalue weighted by atomic mass is 10.3. The zero-order chi connectivity index (χ0) is 15.4. The minimum atomic E-state index is -1.15. The molecular formula is C12H12ClN5O3. The highest BCUT2D eigenvalue weighted by Crippen LogP contribution is 2.20. The Labute approximate surface area is 125 Å². The minimum absolute atomic E-state index is 0.206. The summed E-state index contributed by atoms with van der Waals surface area (Å²) in [6, 6.07) is 5.70. The number of aryl methyl sites for hydroxylation is 1. The van der Waals surface area contributed by atoms with E-state index in [2.05, 4.69) is 15.4 Å². The van der Waals surface area contributed by atoms with Crippen LogP contribution in [-0.2, 0) is 11.8 Å². The average Bonchev–Trinajstić information content (AvgIpc) is 2.81. The fourth-order valence-electron chi connectivity index (χ4n) is 1.63. The van der Waals surface area contributed by atoms with E-state index in [9.17, 15) is 9.59 Å². The molecule has 0 aliphatic carbocycles. The van der Waals surface area contributed by atoms with Gasteiger partial charge in [-0.25, -0.2) is 9.48 Å². The smallest absolute Gasteiger partial charge is 0.329 e. The van der Waals surface area contributed by atoms with Gasteiger partial charge in [-0.1, -0.05) is 17.7 Å². The average molecular weight is 310 g/mol. The Balaban J connectivity index is 2.25. The van der Waals surface area contributed by atoms with Crippen LogP contribution in [0.25, 0.3) is 0 Å². The van der Waals surface area contributed by atoms with Crippen LogP contribution in [0.2, 0.25) is 5.02 Å². The molecule has 110 valence electrons. The third kappa shape index (κ3) is 3.69. The quantitative estimate of drug-likeness (QED) is 0.893. The van der Waals surface area contributed by atoms with E-state index in [4.69, 9.17) is 16.7 Å². The molecule has 0 bridgehead atoms. The number of urea groups is 1. The standard InChI is InChI=1S/C12H12ClN5O3/c1-17-11(14-7-15-17)16-12(21)18(6-10(19)20)9-4-2-3-8(13)5-9/h2-5,7H,6H2,1H3,(H,19,20)(H,14,15,16,21). The number of aromatic nitrogens is 3. The van der Waals surface area contributed by atoms with Gasteiger partial charge in [0.05, 0.1) is 0 Å². The summed E-state index contributed by atoms with van der Waals surface area (Å²) in [7, 11) is 1.60. The highest BCUT2D eigenvalue weighted by atomic mass is 35.5. The zero-order valence-electron chi connectivity index (χ0n) is 11.0. The molecule has 0 spiro atoms. The van der Waals surface area contributed by atoms with Crippen LogP contribution in [0.5, 0.6) is 0 Å². The number of carbonyl (C=O) groups is 2. The Bertz CT molecular complexity index is 672. The molecule has 0 atom stereocenters. The summed E-state index contributed by atoms with van der Waals surface area (Å²) in [5.41, 5.74) is 0.365. The molecule has 2 N–H and O–H groups in total. The minimum Gasteiger partial charge on any atom is -0.480 e. The first-order chi connectivity index (χ1) is 9.97. The number of carboxylic acids is 1. The van der Waals surface area contributed by atoms with Gasteiger partial charge >= 0.3 is 12.0 Å². The van der Waals surface area contributed by atoms with Gasteiger partial charge < -0.3 is 5.11 Å². The van der Waals surface area contributed by atoms with Crippen LogP contribution in [0, 0.1) is 0 Å². The number of nitrogens with zero attached hydrogens (tertiary/aromatic N) is 4. The van der Waals surface area contributed by atoms with Crippen molar-refractivity contribution in [1.82, 2.24) is 14.8 Å². The molecule has 0 saturated carbocycles. The van der Waals surface area contributed by atoms with Crippen LogP contribution < -0.4 is 10.2 Å². The van der Waals surface area contributed by atoms with E-state index in [-0.39, 0.29) is 5.95 Å². The monoisotopic (exact) mass is 309 g/mol. The van der Waals surface area contributed by atoms with Crippen LogP contribution in [0.4, 0.5) is 16.4 Å². The maximum absolute atomic E-state index is 12.2. The fraction of sp³-hybridized carbons (Fsp3) is 0.167. The van der Waals surface area contributed by atoms with Crippen LogP contribution in [0.3, 0.4) is 0 Å². The van der Waals surface area contributed by atoms with Crippen LogP contribution >= 0.6 is 11.6 Å². The molecule has 1 heterocycles. The third-order valence-corrected chi connectivity index (χ3v) is 2.82. The number of carboxylic acid groups (broad SMARTS) is 1. The maximum atomic E-state index is 12.2. The number of amides is 2. The zero-order valence-corrected chi connectivity index (χ0v) is 11.8. The number of hydrogen-bond acceptors (Lipinski definition) is 4. The molecule has 0 radical (unpaired) electrons. The van der Waals surface area contributed by atoms with Crippen molar-refractivity contribution in [2.75, 3.05) is 16.8 Å². The summed E-state index contributed by atoms with van der Waals surface area (Å²) >= 11 is 5.87. The first-order valence-corrected chi connectivity index (χ1v) is 6.25. The molecule has 2 amide bonds. The molecule has 0 saturated heterocycles. The van der Waals surface area contributed by atoms with E-state index in [1.807, 2.05) is 0 Å². The molecule has 0 aliphatic heterocycles. The normalized spacial score (nSPS) is 10.2. The topological polar surface area (TPSA) is 100 Å². The predicted molar refractivity (Wildman–Crippen MR) is 76.5 cm³/mol. The first kappa shape index (κ1) is 14.8. The predicted octanol–water partition coefficient (Wildman–Crippen LogP) is 1.59. The van der Waals surface area contributed by atoms with Gasteiger partial charge in [0.1, 0.15) is 12.9 Å². The second kappa shape index (κ2) is 6.23. The molecule has 9 heteroatoms. The lowest BCUT2D eigenvalue weighted by Gasteiger charge is -2.21.